The molecule has 1 aliphatic heterocycles. The number of ether oxygens (including phenoxy) is 5. The van der Waals surface area contributed by atoms with Crippen LogP contribution in [-0.2, 0) is 6.61 Å². The Bertz CT molecular complexity index is 1370. The van der Waals surface area contributed by atoms with Gasteiger partial charge in [0.15, 0.2) is 5.78 Å². The summed E-state index contributed by atoms with van der Waals surface area (Å²) < 4.78 is 28.5. The lowest BCUT2D eigenvalue weighted by atomic mass is 9.87. The Balaban J connectivity index is 1.37. The Labute approximate surface area is 204 Å². The summed E-state index contributed by atoms with van der Waals surface area (Å²) in [6, 6.07) is 23.3. The van der Waals surface area contributed by atoms with E-state index in [-0.39, 0.29) is 12.4 Å². The number of methoxy groups -OCH3 is 3. The molecule has 0 radical (unpaired) electrons. The summed E-state index contributed by atoms with van der Waals surface area (Å²) >= 11 is 0. The molecule has 0 spiro atoms. The van der Waals surface area contributed by atoms with Crippen molar-refractivity contribution < 1.29 is 28.5 Å². The van der Waals surface area contributed by atoms with E-state index in [1.807, 2.05) is 12.1 Å². The molecule has 0 unspecified atom stereocenters. The minimum Gasteiger partial charge on any atom is -0.496 e. The Morgan fingerprint density at radius 2 is 1.54 bits per heavy atom. The molecular formula is C29H26O6. The molecule has 6 nitrogen and oxygen atoms in total. The highest BCUT2D eigenvalue weighted by Crippen LogP contribution is 2.43. The highest BCUT2D eigenvalue weighted by molar-refractivity contribution is 6.05. The first kappa shape index (κ1) is 22.6. The van der Waals surface area contributed by atoms with Gasteiger partial charge in [-0.05, 0) is 34.5 Å². The molecule has 0 saturated heterocycles. The van der Waals surface area contributed by atoms with E-state index >= 15 is 0 Å². The second-order valence-corrected chi connectivity index (χ2v) is 8.30. The first-order valence-electron chi connectivity index (χ1n) is 11.3. The molecule has 0 aromatic heterocycles. The van der Waals surface area contributed by atoms with Crippen molar-refractivity contribution in [3.8, 4) is 28.7 Å². The van der Waals surface area contributed by atoms with Crippen LogP contribution in [0.3, 0.4) is 0 Å². The Morgan fingerprint density at radius 1 is 0.800 bits per heavy atom. The molecule has 4 aromatic rings. The predicted octanol–water partition coefficient (Wildman–Crippen LogP) is 5.80. The maximum atomic E-state index is 13.5. The van der Waals surface area contributed by atoms with Crippen molar-refractivity contribution in [3.63, 3.8) is 0 Å². The van der Waals surface area contributed by atoms with Gasteiger partial charge >= 0.3 is 0 Å². The molecule has 0 fully saturated rings. The van der Waals surface area contributed by atoms with Crippen molar-refractivity contribution in [2.24, 2.45) is 0 Å². The van der Waals surface area contributed by atoms with Crippen LogP contribution in [0.15, 0.2) is 72.8 Å². The fraction of sp³-hybridized carbons (Fsp3) is 0.207. The monoisotopic (exact) mass is 470 g/mol. The van der Waals surface area contributed by atoms with Gasteiger partial charge in [0, 0.05) is 18.2 Å². The van der Waals surface area contributed by atoms with Gasteiger partial charge in [-0.3, -0.25) is 4.79 Å². The maximum Gasteiger partial charge on any atom is 0.177 e. The fourth-order valence-corrected chi connectivity index (χ4v) is 4.44. The lowest BCUT2D eigenvalue weighted by Crippen LogP contribution is -2.27. The largest absolute Gasteiger partial charge is 0.496 e. The number of Topliss-reactive ketones (excluding diaryl/α,β-unsaturated/α-hetero) is 1. The molecule has 0 bridgehead atoms. The first-order chi connectivity index (χ1) is 17.1. The van der Waals surface area contributed by atoms with Gasteiger partial charge in [-0.25, -0.2) is 0 Å². The molecule has 1 atom stereocenters. The van der Waals surface area contributed by atoms with Gasteiger partial charge in [0.25, 0.3) is 0 Å². The Kier molecular flexibility index (Phi) is 6.19. The molecule has 4 aromatic carbocycles. The van der Waals surface area contributed by atoms with Crippen LogP contribution in [0.4, 0.5) is 0 Å². The van der Waals surface area contributed by atoms with E-state index in [1.165, 1.54) is 10.8 Å². The van der Waals surface area contributed by atoms with Crippen molar-refractivity contribution in [2.45, 2.75) is 12.5 Å². The number of hydrogen-bond acceptors (Lipinski definition) is 6. The zero-order valence-corrected chi connectivity index (χ0v) is 19.9. The smallest absolute Gasteiger partial charge is 0.177 e. The molecule has 35 heavy (non-hydrogen) atoms. The van der Waals surface area contributed by atoms with Gasteiger partial charge in [-0.15, -0.1) is 0 Å². The standard InChI is InChI=1S/C29H26O6/c1-31-22-14-26(32-2)28(27(15-22)33-3)24-17-35-25-13-21(10-11-23(25)29(24)30)34-16-18-8-9-19-6-4-5-7-20(19)12-18/h4-15,24H,16-17H2,1-3H3/t24-/m0/s1. The Hall–Kier alpha value is -4.19. The lowest BCUT2D eigenvalue weighted by Gasteiger charge is -2.27. The zero-order chi connectivity index (χ0) is 24.4. The molecule has 1 aliphatic rings. The summed E-state index contributed by atoms with van der Waals surface area (Å²) in [6.07, 6.45) is 0. The topological polar surface area (TPSA) is 63.2 Å². The van der Waals surface area contributed by atoms with Gasteiger partial charge in [-0.1, -0.05) is 36.4 Å². The van der Waals surface area contributed by atoms with Crippen LogP contribution in [-0.4, -0.2) is 33.7 Å². The number of benzene rings is 4. The normalized spacial score (nSPS) is 14.7. The number of rotatable bonds is 7. The lowest BCUT2D eigenvalue weighted by molar-refractivity contribution is 0.0891. The third-order valence-electron chi connectivity index (χ3n) is 6.26. The third-order valence-corrected chi connectivity index (χ3v) is 6.26. The Morgan fingerprint density at radius 3 is 2.26 bits per heavy atom. The number of fused-ring (bicyclic) bond motifs is 2. The summed E-state index contributed by atoms with van der Waals surface area (Å²) in [5, 5.41) is 2.36. The molecule has 0 N–H and O–H groups in total. The molecule has 178 valence electrons. The number of carbonyl (C=O) groups is 1. The van der Waals surface area contributed by atoms with Crippen LogP contribution >= 0.6 is 0 Å². The summed E-state index contributed by atoms with van der Waals surface area (Å²) in [7, 11) is 4.68. The van der Waals surface area contributed by atoms with Crippen molar-refractivity contribution in [1.29, 1.82) is 0 Å². The predicted molar refractivity (Wildman–Crippen MR) is 133 cm³/mol. The van der Waals surface area contributed by atoms with Crippen LogP contribution in [0.25, 0.3) is 10.8 Å². The van der Waals surface area contributed by atoms with Crippen LogP contribution < -0.4 is 23.7 Å². The number of carbonyl (C=O) groups excluding carboxylic acids is 1. The van der Waals surface area contributed by atoms with Crippen LogP contribution in [0.1, 0.15) is 27.4 Å². The van der Waals surface area contributed by atoms with Crippen LogP contribution in [0.2, 0.25) is 0 Å². The fourth-order valence-electron chi connectivity index (χ4n) is 4.44. The number of hydrogen-bond donors (Lipinski definition) is 0. The molecule has 5 rings (SSSR count). The van der Waals surface area contributed by atoms with Gasteiger partial charge in [0.1, 0.15) is 42.0 Å². The van der Waals surface area contributed by atoms with E-state index in [2.05, 4.69) is 30.3 Å². The van der Waals surface area contributed by atoms with Gasteiger partial charge < -0.3 is 23.7 Å². The highest BCUT2D eigenvalue weighted by atomic mass is 16.5. The van der Waals surface area contributed by atoms with Crippen molar-refractivity contribution in [2.75, 3.05) is 27.9 Å². The van der Waals surface area contributed by atoms with Gasteiger partial charge in [0.05, 0.1) is 38.4 Å². The van der Waals surface area contributed by atoms with E-state index in [4.69, 9.17) is 23.7 Å². The van der Waals surface area contributed by atoms with Gasteiger partial charge in [-0.2, -0.15) is 0 Å². The summed E-state index contributed by atoms with van der Waals surface area (Å²) in [5.41, 5.74) is 2.21. The zero-order valence-electron chi connectivity index (χ0n) is 19.9. The van der Waals surface area contributed by atoms with Crippen molar-refractivity contribution in [1.82, 2.24) is 0 Å². The molecule has 0 amide bonds. The summed E-state index contributed by atoms with van der Waals surface area (Å²) in [4.78, 5) is 13.5. The van der Waals surface area contributed by atoms with Crippen LogP contribution in [0, 0.1) is 0 Å². The van der Waals surface area contributed by atoms with E-state index in [1.54, 1.807) is 51.7 Å². The summed E-state index contributed by atoms with van der Waals surface area (Å²) in [5.74, 6) is 2.14. The molecule has 6 heteroatoms. The van der Waals surface area contributed by atoms with E-state index in [0.717, 1.165) is 5.56 Å². The second-order valence-electron chi connectivity index (χ2n) is 8.30. The summed E-state index contributed by atoms with van der Waals surface area (Å²) in [6.45, 7) is 0.583. The van der Waals surface area contributed by atoms with Crippen molar-refractivity contribution >= 4 is 16.6 Å². The number of ketones is 1. The van der Waals surface area contributed by atoms with E-state index in [9.17, 15) is 4.79 Å². The molecule has 0 saturated carbocycles. The molecule has 1 heterocycles. The molecular weight excluding hydrogens is 444 g/mol. The maximum absolute atomic E-state index is 13.5. The highest BCUT2D eigenvalue weighted by Gasteiger charge is 2.35. The average Bonchev–Trinajstić information content (AvgIpc) is 2.91. The second kappa shape index (κ2) is 9.58. The molecule has 0 aliphatic carbocycles. The quantitative estimate of drug-likeness (QED) is 0.340. The average molecular weight is 471 g/mol. The van der Waals surface area contributed by atoms with Crippen LogP contribution in [0.5, 0.6) is 28.7 Å². The first-order valence-corrected chi connectivity index (χ1v) is 11.3. The van der Waals surface area contributed by atoms with Gasteiger partial charge in [0.2, 0.25) is 0 Å². The third kappa shape index (κ3) is 4.35. The van der Waals surface area contributed by atoms with Crippen molar-refractivity contribution in [3.05, 3.63) is 89.5 Å². The minimum atomic E-state index is -0.567. The van der Waals surface area contributed by atoms with E-state index < -0.39 is 5.92 Å². The minimum absolute atomic E-state index is 0.0610. The van der Waals surface area contributed by atoms with E-state index in [0.29, 0.717) is 46.5 Å². The SMILES string of the molecule is COc1cc(OC)c([C@@H]2COc3cc(OCc4ccc5ccccc5c4)ccc3C2=O)c(OC)c1.